The van der Waals surface area contributed by atoms with Gasteiger partial charge in [-0.1, -0.05) is 18.2 Å². The molecule has 0 aliphatic carbocycles. The Morgan fingerprint density at radius 2 is 1.59 bits per heavy atom. The number of pyridine rings is 1. The van der Waals surface area contributed by atoms with Crippen LogP contribution >= 0.6 is 0 Å². The van der Waals surface area contributed by atoms with Crippen LogP contribution in [-0.4, -0.2) is 54.0 Å². The summed E-state index contributed by atoms with van der Waals surface area (Å²) in [6.45, 7) is 3.86. The molecule has 2 N–H and O–H groups in total. The summed E-state index contributed by atoms with van der Waals surface area (Å²) in [5.74, 6) is -3.56. The second kappa shape index (κ2) is 12.4. The number of nitrogens with zero attached hydrogens (tertiary/aromatic N) is 2. The number of rotatable bonds is 9. The molecule has 1 atom stereocenters. The zero-order chi connectivity index (χ0) is 28.7. The Bertz CT molecular complexity index is 1380. The lowest BCUT2D eigenvalue weighted by atomic mass is 9.79. The first-order valence-electron chi connectivity index (χ1n) is 11.6. The minimum atomic E-state index is -1.15. The van der Waals surface area contributed by atoms with Gasteiger partial charge in [-0.2, -0.15) is 0 Å². The number of dihydropyridines is 1. The smallest absolute Gasteiger partial charge is 0.339 e. The van der Waals surface area contributed by atoms with Crippen LogP contribution in [0.4, 0.5) is 11.5 Å². The molecule has 0 saturated heterocycles. The van der Waals surface area contributed by atoms with E-state index in [0.717, 1.165) is 0 Å². The average molecular weight is 539 g/mol. The lowest BCUT2D eigenvalue weighted by Gasteiger charge is -2.30. The van der Waals surface area contributed by atoms with Gasteiger partial charge in [-0.25, -0.2) is 19.4 Å². The van der Waals surface area contributed by atoms with Gasteiger partial charge in [0, 0.05) is 36.1 Å². The Balaban J connectivity index is 1.77. The second-order valence-electron chi connectivity index (χ2n) is 8.33. The summed E-state index contributed by atoms with van der Waals surface area (Å²) in [7, 11) is 1.17. The molecule has 0 saturated carbocycles. The number of nitrogens with one attached hydrogen (secondary N) is 2. The molecule has 0 bridgehead atoms. The number of esters is 3. The van der Waals surface area contributed by atoms with Crippen molar-refractivity contribution in [1.82, 2.24) is 10.3 Å². The van der Waals surface area contributed by atoms with E-state index in [-0.39, 0.29) is 52.9 Å². The van der Waals surface area contributed by atoms with Crippen LogP contribution in [0.15, 0.2) is 65.1 Å². The Morgan fingerprint density at radius 1 is 0.974 bits per heavy atom. The monoisotopic (exact) mass is 538 g/mol. The zero-order valence-electron chi connectivity index (χ0n) is 21.6. The number of carbonyl (C=O) groups is 4. The van der Waals surface area contributed by atoms with Gasteiger partial charge >= 0.3 is 17.9 Å². The normalized spacial score (nSPS) is 14.7. The van der Waals surface area contributed by atoms with E-state index in [2.05, 4.69) is 15.6 Å². The molecule has 2 heterocycles. The maximum absolute atomic E-state index is 13.2. The van der Waals surface area contributed by atoms with Crippen LogP contribution in [0.1, 0.15) is 42.6 Å². The first kappa shape index (κ1) is 28.5. The molecule has 1 aliphatic heterocycles. The SMILES string of the molecule is COC(=O)C1=C(C)NC(C)=C(C(=O)OCCOC(=O)c2ccc(NC(C)=O)nc2)C1c1ccccc1[N+](=O)[O-]. The molecule has 39 heavy (non-hydrogen) atoms. The Kier molecular flexibility index (Phi) is 9.10. The molecule has 1 aromatic heterocycles. The summed E-state index contributed by atoms with van der Waals surface area (Å²) in [6, 6.07) is 8.61. The topological polar surface area (TPSA) is 176 Å². The third-order valence-corrected chi connectivity index (χ3v) is 5.68. The summed E-state index contributed by atoms with van der Waals surface area (Å²) in [5.41, 5.74) is 0.623. The predicted octanol–water partition coefficient (Wildman–Crippen LogP) is 2.76. The summed E-state index contributed by atoms with van der Waals surface area (Å²) >= 11 is 0. The molecule has 1 aromatic carbocycles. The van der Waals surface area contributed by atoms with Crippen molar-refractivity contribution in [1.29, 1.82) is 0 Å². The number of anilines is 1. The van der Waals surface area contributed by atoms with Crippen LogP contribution in [0, 0.1) is 10.1 Å². The highest BCUT2D eigenvalue weighted by atomic mass is 16.6. The number of hydrogen-bond donors (Lipinski definition) is 2. The van der Waals surface area contributed by atoms with E-state index < -0.39 is 28.7 Å². The molecule has 2 aromatic rings. The highest BCUT2D eigenvalue weighted by Gasteiger charge is 2.40. The quantitative estimate of drug-likeness (QED) is 0.158. The summed E-state index contributed by atoms with van der Waals surface area (Å²) in [4.78, 5) is 64.4. The van der Waals surface area contributed by atoms with Gasteiger partial charge in [-0.3, -0.25) is 14.9 Å². The van der Waals surface area contributed by atoms with Crippen molar-refractivity contribution in [3.05, 3.63) is 86.4 Å². The fourth-order valence-corrected chi connectivity index (χ4v) is 4.05. The molecule has 0 spiro atoms. The maximum Gasteiger partial charge on any atom is 0.339 e. The number of amides is 1. The van der Waals surface area contributed by atoms with Crippen LogP contribution in [0.2, 0.25) is 0 Å². The number of hydrogen-bond acceptors (Lipinski definition) is 11. The number of methoxy groups -OCH3 is 1. The van der Waals surface area contributed by atoms with Crippen molar-refractivity contribution < 1.29 is 38.3 Å². The zero-order valence-corrected chi connectivity index (χ0v) is 21.6. The molecular formula is C26H26N4O9. The van der Waals surface area contributed by atoms with Gasteiger partial charge in [0.2, 0.25) is 5.91 Å². The molecule has 0 fully saturated rings. The van der Waals surface area contributed by atoms with E-state index in [1.807, 2.05) is 0 Å². The number of aromatic nitrogens is 1. The largest absolute Gasteiger partial charge is 0.466 e. The third-order valence-electron chi connectivity index (χ3n) is 5.68. The highest BCUT2D eigenvalue weighted by Crippen LogP contribution is 2.42. The number of ether oxygens (including phenoxy) is 3. The first-order valence-corrected chi connectivity index (χ1v) is 11.6. The van der Waals surface area contributed by atoms with Crippen molar-refractivity contribution in [3.63, 3.8) is 0 Å². The van der Waals surface area contributed by atoms with Crippen LogP contribution < -0.4 is 10.6 Å². The van der Waals surface area contributed by atoms with Crippen molar-refractivity contribution in [2.45, 2.75) is 26.7 Å². The van der Waals surface area contributed by atoms with Crippen molar-refractivity contribution >= 4 is 35.3 Å². The van der Waals surface area contributed by atoms with Gasteiger partial charge in [0.15, 0.2) is 0 Å². The number of nitro benzene ring substituents is 1. The van der Waals surface area contributed by atoms with Crippen LogP contribution in [0.25, 0.3) is 0 Å². The number of para-hydroxylation sites is 1. The molecular weight excluding hydrogens is 512 g/mol. The van der Waals surface area contributed by atoms with E-state index in [1.54, 1.807) is 19.9 Å². The highest BCUT2D eigenvalue weighted by molar-refractivity contribution is 6.00. The van der Waals surface area contributed by atoms with E-state index in [0.29, 0.717) is 11.4 Å². The third kappa shape index (κ3) is 6.63. The van der Waals surface area contributed by atoms with E-state index in [4.69, 9.17) is 14.2 Å². The Labute approximate surface area is 223 Å². The van der Waals surface area contributed by atoms with E-state index in [1.165, 1.54) is 50.6 Å². The lowest BCUT2D eigenvalue weighted by Crippen LogP contribution is -2.33. The Morgan fingerprint density at radius 3 is 2.15 bits per heavy atom. The fraction of sp³-hybridized carbons (Fsp3) is 0.269. The van der Waals surface area contributed by atoms with Gasteiger partial charge in [-0.15, -0.1) is 0 Å². The maximum atomic E-state index is 13.2. The summed E-state index contributed by atoms with van der Waals surface area (Å²) in [5, 5.41) is 17.2. The molecule has 1 aliphatic rings. The predicted molar refractivity (Wildman–Crippen MR) is 136 cm³/mol. The van der Waals surface area contributed by atoms with E-state index in [9.17, 15) is 29.3 Å². The lowest BCUT2D eigenvalue weighted by molar-refractivity contribution is -0.385. The van der Waals surface area contributed by atoms with Crippen molar-refractivity contribution in [3.8, 4) is 0 Å². The van der Waals surface area contributed by atoms with Crippen LogP contribution in [0.3, 0.4) is 0 Å². The molecule has 1 amide bonds. The molecule has 13 heteroatoms. The van der Waals surface area contributed by atoms with Crippen LogP contribution in [0.5, 0.6) is 0 Å². The van der Waals surface area contributed by atoms with Gasteiger partial charge in [0.25, 0.3) is 5.69 Å². The fourth-order valence-electron chi connectivity index (χ4n) is 4.05. The molecule has 0 radical (unpaired) electrons. The molecule has 204 valence electrons. The average Bonchev–Trinajstić information content (AvgIpc) is 2.90. The standard InChI is InChI=1S/C26H26N4O9/c1-14-21(25(33)37-4)23(18-7-5-6-8-19(18)30(35)36)22(15(2)28-14)26(34)39-12-11-38-24(32)17-9-10-20(27-13-17)29-16(3)31/h5-10,13,23,28H,11-12H2,1-4H3,(H,27,29,31). The summed E-state index contributed by atoms with van der Waals surface area (Å²) < 4.78 is 15.4. The second-order valence-corrected chi connectivity index (χ2v) is 8.33. The molecule has 13 nitrogen and oxygen atoms in total. The van der Waals surface area contributed by atoms with Gasteiger partial charge in [0.05, 0.1) is 34.7 Å². The van der Waals surface area contributed by atoms with Gasteiger partial charge in [-0.05, 0) is 26.0 Å². The molecule has 1 unspecified atom stereocenters. The Hall–Kier alpha value is -5.07. The number of nitro groups is 1. The van der Waals surface area contributed by atoms with Gasteiger partial charge in [0.1, 0.15) is 19.0 Å². The number of carbonyl (C=O) groups excluding carboxylic acids is 4. The molecule has 3 rings (SSSR count). The number of benzene rings is 1. The first-order chi connectivity index (χ1) is 18.5. The summed E-state index contributed by atoms with van der Waals surface area (Å²) in [6.07, 6.45) is 1.22. The minimum Gasteiger partial charge on any atom is -0.466 e. The van der Waals surface area contributed by atoms with Crippen LogP contribution in [-0.2, 0) is 28.6 Å². The minimum absolute atomic E-state index is 0.0194. The van der Waals surface area contributed by atoms with Crippen molar-refractivity contribution in [2.24, 2.45) is 0 Å². The van der Waals surface area contributed by atoms with Gasteiger partial charge < -0.3 is 24.8 Å². The van der Waals surface area contributed by atoms with E-state index >= 15 is 0 Å². The van der Waals surface area contributed by atoms with Crippen molar-refractivity contribution in [2.75, 3.05) is 25.6 Å². The number of allylic oxidation sites excluding steroid dienone is 2.